The van der Waals surface area contributed by atoms with Crippen LogP contribution in [0.3, 0.4) is 0 Å². The maximum absolute atomic E-state index is 12.3. The second-order valence-corrected chi connectivity index (χ2v) is 15.0. The molecule has 0 heterocycles. The molecule has 0 rings (SSSR count). The number of ether oxygens (including phenoxy) is 2. The van der Waals surface area contributed by atoms with E-state index in [2.05, 4.69) is 86.8 Å². The van der Waals surface area contributed by atoms with Crippen molar-refractivity contribution in [2.75, 3.05) is 26.4 Å². The van der Waals surface area contributed by atoms with Gasteiger partial charge >= 0.3 is 19.8 Å². The number of carbonyl (C=O) groups excluding carboxylic acids is 2. The lowest BCUT2D eigenvalue weighted by Crippen LogP contribution is -2.28. The molecule has 3 unspecified atom stereocenters. The van der Waals surface area contributed by atoms with E-state index in [0.717, 1.165) is 96.3 Å². The third kappa shape index (κ3) is 38.1. The zero-order valence-electron chi connectivity index (χ0n) is 34.1. The fourth-order valence-electron chi connectivity index (χ4n) is 5.19. The van der Waals surface area contributed by atoms with Crippen molar-refractivity contribution < 1.29 is 47.8 Å². The maximum atomic E-state index is 12.3. The third-order valence-electron chi connectivity index (χ3n) is 8.40. The Morgan fingerprint density at radius 2 is 0.855 bits per heavy atom. The van der Waals surface area contributed by atoms with Gasteiger partial charge in [0.1, 0.15) is 12.2 Å². The Hall–Kier alpha value is -2.59. The molecule has 0 saturated heterocycles. The molecule has 3 N–H and O–H groups in total. The molecule has 316 valence electrons. The van der Waals surface area contributed by atoms with Crippen LogP contribution in [0, 0.1) is 0 Å². The highest BCUT2D eigenvalue weighted by Crippen LogP contribution is 2.43. The number of phosphoric acid groups is 1. The molecule has 0 aliphatic rings. The van der Waals surface area contributed by atoms with Crippen LogP contribution in [0.4, 0.5) is 0 Å². The van der Waals surface area contributed by atoms with E-state index in [9.17, 15) is 29.3 Å². The van der Waals surface area contributed by atoms with Crippen molar-refractivity contribution in [3.63, 3.8) is 0 Å². The van der Waals surface area contributed by atoms with E-state index < -0.39 is 58.4 Å². The Labute approximate surface area is 333 Å². The Balaban J connectivity index is 4.02. The van der Waals surface area contributed by atoms with Gasteiger partial charge in [-0.05, 0) is 83.5 Å². The summed E-state index contributed by atoms with van der Waals surface area (Å²) in [5.41, 5.74) is 0. The first-order valence-corrected chi connectivity index (χ1v) is 22.4. The number of carbonyl (C=O) groups is 2. The topological polar surface area (TPSA) is 149 Å². The van der Waals surface area contributed by atoms with Gasteiger partial charge in [0.05, 0.1) is 26.4 Å². The summed E-state index contributed by atoms with van der Waals surface area (Å²) in [4.78, 5) is 34.5. The minimum atomic E-state index is -4.65. The van der Waals surface area contributed by atoms with Crippen LogP contribution in [0.15, 0.2) is 72.9 Å². The predicted octanol–water partition coefficient (Wildman–Crippen LogP) is 10.9. The number of aliphatic hydroxyl groups is 2. The lowest BCUT2D eigenvalue weighted by Gasteiger charge is -2.20. The molecule has 0 radical (unpaired) electrons. The van der Waals surface area contributed by atoms with E-state index >= 15 is 0 Å². The molecule has 0 aliphatic carbocycles. The highest BCUT2D eigenvalue weighted by molar-refractivity contribution is 7.47. The maximum Gasteiger partial charge on any atom is 0.472 e. The predicted molar refractivity (Wildman–Crippen MR) is 223 cm³/mol. The summed E-state index contributed by atoms with van der Waals surface area (Å²) in [6.07, 6.45) is 44.4. The van der Waals surface area contributed by atoms with Crippen LogP contribution in [-0.4, -0.2) is 65.7 Å². The number of hydrogen-bond acceptors (Lipinski definition) is 9. The van der Waals surface area contributed by atoms with Gasteiger partial charge in [-0.3, -0.25) is 18.6 Å². The number of hydrogen-bond donors (Lipinski definition) is 3. The second kappa shape index (κ2) is 39.6. The molecule has 0 bridgehead atoms. The van der Waals surface area contributed by atoms with Crippen LogP contribution >= 0.6 is 7.82 Å². The van der Waals surface area contributed by atoms with Crippen molar-refractivity contribution in [3.8, 4) is 0 Å². The highest BCUT2D eigenvalue weighted by atomic mass is 31.2. The molecule has 55 heavy (non-hydrogen) atoms. The fourth-order valence-corrected chi connectivity index (χ4v) is 5.98. The second-order valence-electron chi connectivity index (χ2n) is 13.6. The van der Waals surface area contributed by atoms with E-state index in [-0.39, 0.29) is 12.8 Å². The minimum Gasteiger partial charge on any atom is -0.457 e. The van der Waals surface area contributed by atoms with Gasteiger partial charge in [-0.2, -0.15) is 0 Å². The van der Waals surface area contributed by atoms with E-state index in [4.69, 9.17) is 18.5 Å². The van der Waals surface area contributed by atoms with Gasteiger partial charge in [0.2, 0.25) is 0 Å². The van der Waals surface area contributed by atoms with Crippen molar-refractivity contribution in [3.05, 3.63) is 72.9 Å². The van der Waals surface area contributed by atoms with Crippen molar-refractivity contribution in [2.24, 2.45) is 0 Å². The quantitative estimate of drug-likeness (QED) is 0.0239. The van der Waals surface area contributed by atoms with Crippen LogP contribution in [0.1, 0.15) is 155 Å². The molecule has 0 aliphatic heterocycles. The molecular weight excluding hydrogens is 719 g/mol. The SMILES string of the molecule is CC/C=C\C/C=C\C/C=C\C/C=C\CCCCCCC(=O)OC(CO)COP(=O)(O)OCC(CO)OC(=O)CCCCCCC/C=C\C/C=C\CCCCC. The number of rotatable bonds is 38. The van der Waals surface area contributed by atoms with E-state index in [1.54, 1.807) is 0 Å². The van der Waals surface area contributed by atoms with Gasteiger partial charge in [-0.25, -0.2) is 4.57 Å². The highest BCUT2D eigenvalue weighted by Gasteiger charge is 2.27. The van der Waals surface area contributed by atoms with Crippen LogP contribution < -0.4 is 0 Å². The van der Waals surface area contributed by atoms with Crippen LogP contribution in [0.25, 0.3) is 0 Å². The third-order valence-corrected chi connectivity index (χ3v) is 9.35. The van der Waals surface area contributed by atoms with Crippen molar-refractivity contribution >= 4 is 19.8 Å². The van der Waals surface area contributed by atoms with Gasteiger partial charge < -0.3 is 24.6 Å². The van der Waals surface area contributed by atoms with E-state index in [1.807, 2.05) is 0 Å². The monoisotopic (exact) mass is 795 g/mol. The van der Waals surface area contributed by atoms with Crippen molar-refractivity contribution in [1.29, 1.82) is 0 Å². The van der Waals surface area contributed by atoms with Crippen molar-refractivity contribution in [2.45, 2.75) is 167 Å². The Morgan fingerprint density at radius 1 is 0.509 bits per heavy atom. The fraction of sp³-hybridized carbons (Fsp3) is 0.682. The van der Waals surface area contributed by atoms with Crippen LogP contribution in [0.2, 0.25) is 0 Å². The van der Waals surface area contributed by atoms with Gasteiger partial charge in [0.25, 0.3) is 0 Å². The molecule has 0 fully saturated rings. The summed E-state index contributed by atoms with van der Waals surface area (Å²) in [5.74, 6) is -1.06. The summed E-state index contributed by atoms with van der Waals surface area (Å²) >= 11 is 0. The first-order valence-electron chi connectivity index (χ1n) is 20.9. The number of unbranched alkanes of at least 4 members (excludes halogenated alkanes) is 12. The average Bonchev–Trinajstić information content (AvgIpc) is 3.17. The zero-order chi connectivity index (χ0) is 40.5. The van der Waals surface area contributed by atoms with Gasteiger partial charge in [0.15, 0.2) is 0 Å². The Morgan fingerprint density at radius 3 is 1.24 bits per heavy atom. The van der Waals surface area contributed by atoms with Crippen molar-refractivity contribution in [1.82, 2.24) is 0 Å². The molecule has 0 aromatic carbocycles. The number of aliphatic hydroxyl groups excluding tert-OH is 2. The Bertz CT molecular complexity index is 1140. The molecule has 0 aromatic rings. The first kappa shape index (κ1) is 52.4. The number of phosphoric ester groups is 1. The molecule has 11 heteroatoms. The molecule has 0 amide bonds. The molecule has 0 aromatic heterocycles. The lowest BCUT2D eigenvalue weighted by molar-refractivity contribution is -0.153. The number of allylic oxidation sites excluding steroid dienone is 12. The van der Waals surface area contributed by atoms with Gasteiger partial charge in [-0.1, -0.05) is 132 Å². The standard InChI is InChI=1S/C44H75O10P/c1-3-5-7-9-11-13-15-17-19-20-22-24-26-28-30-32-34-36-44(48)54-42(38-46)40-52-55(49,50)51-39-41(37-45)53-43(47)35-33-31-29-27-25-23-21-18-16-14-12-10-8-6-4-2/h5,7,11-14,17-19,21-22,24,41-42,45-46H,3-4,6,8-10,15-16,20,23,25-40H2,1-2H3,(H,49,50)/b7-5-,13-11-,14-12-,19-17-,21-18-,24-22-. The average molecular weight is 795 g/mol. The number of esters is 2. The Kier molecular flexibility index (Phi) is 37.8. The molecule has 0 spiro atoms. The summed E-state index contributed by atoms with van der Waals surface area (Å²) in [7, 11) is -4.65. The summed E-state index contributed by atoms with van der Waals surface area (Å²) < 4.78 is 32.5. The van der Waals surface area contributed by atoms with Gasteiger partial charge in [-0.15, -0.1) is 0 Å². The normalized spacial score (nSPS) is 14.6. The van der Waals surface area contributed by atoms with Crippen LogP contribution in [0.5, 0.6) is 0 Å². The minimum absolute atomic E-state index is 0.159. The zero-order valence-corrected chi connectivity index (χ0v) is 35.0. The van der Waals surface area contributed by atoms with E-state index in [0.29, 0.717) is 12.8 Å². The first-order chi connectivity index (χ1) is 26.8. The summed E-state index contributed by atoms with van der Waals surface area (Å²) in [6.45, 7) is 2.00. The summed E-state index contributed by atoms with van der Waals surface area (Å²) in [5, 5.41) is 19.1. The lowest BCUT2D eigenvalue weighted by atomic mass is 10.1. The molecule has 10 nitrogen and oxygen atoms in total. The van der Waals surface area contributed by atoms with Gasteiger partial charge in [0, 0.05) is 12.8 Å². The smallest absolute Gasteiger partial charge is 0.457 e. The molecule has 3 atom stereocenters. The van der Waals surface area contributed by atoms with E-state index in [1.165, 1.54) is 19.3 Å². The largest absolute Gasteiger partial charge is 0.472 e. The summed E-state index contributed by atoms with van der Waals surface area (Å²) in [6, 6.07) is 0. The van der Waals surface area contributed by atoms with Crippen LogP contribution in [-0.2, 0) is 32.7 Å². The molecular formula is C44H75O10P. The molecule has 0 saturated carbocycles.